The molecule has 68 valence electrons. The van der Waals surface area contributed by atoms with Gasteiger partial charge in [0.2, 0.25) is 5.28 Å². The van der Waals surface area contributed by atoms with Gasteiger partial charge in [0.05, 0.1) is 5.70 Å². The summed E-state index contributed by atoms with van der Waals surface area (Å²) in [6.45, 7) is 0. The van der Waals surface area contributed by atoms with Crippen molar-refractivity contribution in [2.24, 2.45) is 5.73 Å². The van der Waals surface area contributed by atoms with E-state index in [9.17, 15) is 0 Å². The molecule has 0 saturated heterocycles. The summed E-state index contributed by atoms with van der Waals surface area (Å²) in [5.41, 5.74) is 5.66. The molecular formula is C7H8ClN5. The van der Waals surface area contributed by atoms with Crippen LogP contribution < -0.4 is 11.1 Å². The Morgan fingerprint density at radius 3 is 3.00 bits per heavy atom. The van der Waals surface area contributed by atoms with Crippen LogP contribution >= 0.6 is 11.6 Å². The van der Waals surface area contributed by atoms with Crippen molar-refractivity contribution >= 4 is 23.6 Å². The van der Waals surface area contributed by atoms with Crippen LogP contribution in [0.4, 0.5) is 5.82 Å². The second kappa shape index (κ2) is 4.42. The van der Waals surface area contributed by atoms with Crippen LogP contribution in [0.1, 0.15) is 0 Å². The summed E-state index contributed by atoms with van der Waals surface area (Å²) in [5.74, 6) is 0.500. The van der Waals surface area contributed by atoms with Gasteiger partial charge in [-0.05, 0) is 17.7 Å². The molecular weight excluding hydrogens is 190 g/mol. The van der Waals surface area contributed by atoms with Gasteiger partial charge in [0.25, 0.3) is 0 Å². The zero-order valence-corrected chi connectivity index (χ0v) is 7.42. The molecule has 1 rings (SSSR count). The van der Waals surface area contributed by atoms with Gasteiger partial charge in [0.1, 0.15) is 5.82 Å². The van der Waals surface area contributed by atoms with E-state index < -0.39 is 0 Å². The van der Waals surface area contributed by atoms with E-state index in [1.165, 1.54) is 12.4 Å². The lowest BCUT2D eigenvalue weighted by Gasteiger charge is -2.03. The molecule has 0 aliphatic carbocycles. The van der Waals surface area contributed by atoms with Gasteiger partial charge in [-0.1, -0.05) is 0 Å². The molecule has 0 bridgehead atoms. The number of rotatable bonds is 3. The van der Waals surface area contributed by atoms with Crippen LogP contribution in [0, 0.1) is 5.41 Å². The van der Waals surface area contributed by atoms with Crippen molar-refractivity contribution in [3.63, 3.8) is 0 Å². The first-order valence-electron chi connectivity index (χ1n) is 3.44. The Morgan fingerprint density at radius 2 is 2.46 bits per heavy atom. The van der Waals surface area contributed by atoms with Gasteiger partial charge >= 0.3 is 0 Å². The molecule has 5 nitrogen and oxygen atoms in total. The predicted molar refractivity (Wildman–Crippen MR) is 51.7 cm³/mol. The highest BCUT2D eigenvalue weighted by Crippen LogP contribution is 2.07. The third-order valence-corrected chi connectivity index (χ3v) is 1.42. The minimum absolute atomic E-state index is 0.145. The Hall–Kier alpha value is -1.62. The number of hydrogen-bond acceptors (Lipinski definition) is 5. The lowest BCUT2D eigenvalue weighted by Crippen LogP contribution is -2.04. The molecule has 0 aliphatic heterocycles. The summed E-state index contributed by atoms with van der Waals surface area (Å²) in [4.78, 5) is 7.56. The number of allylic oxidation sites excluding steroid dienone is 1. The molecule has 1 aromatic heterocycles. The second-order valence-electron chi connectivity index (χ2n) is 2.10. The van der Waals surface area contributed by atoms with Crippen molar-refractivity contribution in [1.82, 2.24) is 9.97 Å². The summed E-state index contributed by atoms with van der Waals surface area (Å²) in [7, 11) is 0. The number of aromatic nitrogens is 2. The Kier molecular flexibility index (Phi) is 3.22. The van der Waals surface area contributed by atoms with Crippen LogP contribution in [-0.2, 0) is 0 Å². The Labute approximate surface area is 80.2 Å². The van der Waals surface area contributed by atoms with Gasteiger partial charge < -0.3 is 16.5 Å². The molecule has 0 saturated carbocycles. The van der Waals surface area contributed by atoms with Gasteiger partial charge in [-0.15, -0.1) is 0 Å². The van der Waals surface area contributed by atoms with E-state index in [4.69, 9.17) is 22.7 Å². The van der Waals surface area contributed by atoms with Gasteiger partial charge in [-0.3, -0.25) is 0 Å². The summed E-state index contributed by atoms with van der Waals surface area (Å²) in [5, 5.41) is 9.87. The average Bonchev–Trinajstić information content (AvgIpc) is 2.14. The molecule has 0 radical (unpaired) electrons. The van der Waals surface area contributed by atoms with E-state index in [0.29, 0.717) is 11.5 Å². The lowest BCUT2D eigenvalue weighted by atomic mass is 10.4. The number of anilines is 1. The van der Waals surface area contributed by atoms with Crippen LogP contribution in [0.15, 0.2) is 24.2 Å². The van der Waals surface area contributed by atoms with E-state index in [0.717, 1.165) is 6.21 Å². The fourth-order valence-corrected chi connectivity index (χ4v) is 0.826. The zero-order chi connectivity index (χ0) is 9.68. The highest BCUT2D eigenvalue weighted by Gasteiger charge is 1.96. The molecule has 1 heterocycles. The maximum absolute atomic E-state index is 6.95. The van der Waals surface area contributed by atoms with E-state index >= 15 is 0 Å². The van der Waals surface area contributed by atoms with E-state index in [2.05, 4.69) is 15.3 Å². The summed E-state index contributed by atoms with van der Waals surface area (Å²) < 4.78 is 0. The molecule has 4 N–H and O–H groups in total. The van der Waals surface area contributed by atoms with Crippen molar-refractivity contribution in [3.8, 4) is 0 Å². The van der Waals surface area contributed by atoms with Crippen molar-refractivity contribution in [2.75, 3.05) is 5.32 Å². The monoisotopic (exact) mass is 197 g/mol. The lowest BCUT2D eigenvalue weighted by molar-refractivity contribution is 1.16. The minimum Gasteiger partial charge on any atom is -0.403 e. The van der Waals surface area contributed by atoms with Crippen molar-refractivity contribution in [1.29, 1.82) is 5.41 Å². The first-order chi connectivity index (χ1) is 6.26. The number of halogens is 1. The third kappa shape index (κ3) is 2.72. The first kappa shape index (κ1) is 9.47. The Balaban J connectivity index is 2.79. The maximum Gasteiger partial charge on any atom is 0.224 e. The molecule has 0 amide bonds. The summed E-state index contributed by atoms with van der Waals surface area (Å²) in [6.07, 6.45) is 3.86. The van der Waals surface area contributed by atoms with Gasteiger partial charge in [0.15, 0.2) is 0 Å². The molecule has 0 aliphatic rings. The van der Waals surface area contributed by atoms with Crippen molar-refractivity contribution in [2.45, 2.75) is 0 Å². The van der Waals surface area contributed by atoms with Crippen molar-refractivity contribution in [3.05, 3.63) is 29.4 Å². The topological polar surface area (TPSA) is 87.7 Å². The van der Waals surface area contributed by atoms with Crippen LogP contribution in [0.25, 0.3) is 0 Å². The van der Waals surface area contributed by atoms with Crippen LogP contribution in [0.3, 0.4) is 0 Å². The molecule has 0 spiro atoms. The molecule has 6 heteroatoms. The maximum atomic E-state index is 6.95. The van der Waals surface area contributed by atoms with Crippen LogP contribution in [0.2, 0.25) is 5.28 Å². The highest BCUT2D eigenvalue weighted by atomic mass is 35.5. The predicted octanol–water partition coefficient (Wildman–Crippen LogP) is 0.992. The molecule has 0 unspecified atom stereocenters. The van der Waals surface area contributed by atoms with Crippen molar-refractivity contribution < 1.29 is 0 Å². The average molecular weight is 198 g/mol. The third-order valence-electron chi connectivity index (χ3n) is 1.23. The molecule has 0 atom stereocenters. The molecule has 1 aromatic rings. The van der Waals surface area contributed by atoms with Crippen LogP contribution in [-0.4, -0.2) is 16.2 Å². The summed E-state index contributed by atoms with van der Waals surface area (Å²) >= 11 is 5.54. The quantitative estimate of drug-likeness (QED) is 0.498. The standard InChI is InChI=1S/C7H8ClN5/c8-7-11-2-1-6(13-7)12-5(3-9)4-10/h1-4,9H,10H2,(H,11,12,13). The molecule has 13 heavy (non-hydrogen) atoms. The van der Waals surface area contributed by atoms with Gasteiger partial charge in [0, 0.05) is 18.6 Å². The largest absolute Gasteiger partial charge is 0.403 e. The smallest absolute Gasteiger partial charge is 0.224 e. The SMILES string of the molecule is N=CC(=CN)Nc1ccnc(Cl)n1. The van der Waals surface area contributed by atoms with Gasteiger partial charge in [-0.25, -0.2) is 9.97 Å². The van der Waals surface area contributed by atoms with E-state index in [1.807, 2.05) is 0 Å². The zero-order valence-electron chi connectivity index (χ0n) is 6.66. The first-order valence-corrected chi connectivity index (χ1v) is 3.82. The molecule has 0 fully saturated rings. The normalized spacial score (nSPS) is 11.0. The second-order valence-corrected chi connectivity index (χ2v) is 2.44. The number of nitrogens with two attached hydrogens (primary N) is 1. The number of nitrogens with one attached hydrogen (secondary N) is 2. The number of hydrogen-bond donors (Lipinski definition) is 3. The fourth-order valence-electron chi connectivity index (χ4n) is 0.678. The Bertz CT molecular complexity index is 335. The molecule has 0 aromatic carbocycles. The minimum atomic E-state index is 0.145. The van der Waals surface area contributed by atoms with E-state index in [-0.39, 0.29) is 5.28 Å². The van der Waals surface area contributed by atoms with Crippen LogP contribution in [0.5, 0.6) is 0 Å². The number of nitrogens with zero attached hydrogens (tertiary/aromatic N) is 2. The van der Waals surface area contributed by atoms with E-state index in [1.54, 1.807) is 6.07 Å². The summed E-state index contributed by atoms with van der Waals surface area (Å²) in [6, 6.07) is 1.62. The van der Waals surface area contributed by atoms with Gasteiger partial charge in [-0.2, -0.15) is 0 Å². The highest BCUT2D eigenvalue weighted by molar-refractivity contribution is 6.28. The fraction of sp³-hybridized carbons (Fsp3) is 0. The Morgan fingerprint density at radius 1 is 1.69 bits per heavy atom.